The molecule has 6 heteroatoms. The van der Waals surface area contributed by atoms with Gasteiger partial charge in [0.05, 0.1) is 19.1 Å². The van der Waals surface area contributed by atoms with Gasteiger partial charge in [0.15, 0.2) is 0 Å². The number of aliphatic hydroxyl groups excluding tert-OH is 1. The van der Waals surface area contributed by atoms with Crippen LogP contribution in [0.15, 0.2) is 35.9 Å². The number of allylic oxidation sites excluding steroid dienone is 1. The largest absolute Gasteiger partial charge is 0.497 e. The first-order valence-electron chi connectivity index (χ1n) is 12.1. The maximum Gasteiger partial charge on any atom is 0.311 e. The smallest absolute Gasteiger partial charge is 0.311 e. The number of aliphatic hydroxyl groups is 1. The molecule has 5 rings (SSSR count). The zero-order valence-electron chi connectivity index (χ0n) is 19.5. The van der Waals surface area contributed by atoms with Crippen molar-refractivity contribution in [1.29, 1.82) is 0 Å². The number of ether oxygens (including phenoxy) is 2. The summed E-state index contributed by atoms with van der Waals surface area (Å²) < 4.78 is 11.1. The lowest BCUT2D eigenvalue weighted by Crippen LogP contribution is -2.55. The molecule has 0 unspecified atom stereocenters. The minimum absolute atomic E-state index is 0.107. The van der Waals surface area contributed by atoms with Crippen LogP contribution in [0.1, 0.15) is 33.1 Å². The summed E-state index contributed by atoms with van der Waals surface area (Å²) in [6, 6.07) is 8.19. The van der Waals surface area contributed by atoms with E-state index in [-0.39, 0.29) is 29.3 Å². The van der Waals surface area contributed by atoms with E-state index in [1.807, 2.05) is 12.1 Å². The third-order valence-corrected chi connectivity index (χ3v) is 8.84. The van der Waals surface area contributed by atoms with Gasteiger partial charge in [0.25, 0.3) is 0 Å². The van der Waals surface area contributed by atoms with Crippen molar-refractivity contribution in [3.63, 3.8) is 0 Å². The Bertz CT molecular complexity index is 876. The molecule has 6 nitrogen and oxygen atoms in total. The van der Waals surface area contributed by atoms with Gasteiger partial charge in [0.2, 0.25) is 0 Å². The van der Waals surface area contributed by atoms with Gasteiger partial charge in [0, 0.05) is 56.2 Å². The van der Waals surface area contributed by atoms with Crippen molar-refractivity contribution in [3.8, 4) is 5.75 Å². The molecule has 0 bridgehead atoms. The lowest BCUT2D eigenvalue weighted by Gasteiger charge is -2.52. The molecule has 3 fully saturated rings. The first-order valence-corrected chi connectivity index (χ1v) is 12.1. The van der Waals surface area contributed by atoms with E-state index in [1.54, 1.807) is 7.11 Å². The molecule has 174 valence electrons. The second-order valence-corrected chi connectivity index (χ2v) is 10.3. The Hall–Kier alpha value is -2.05. The number of hydrogen-bond donors (Lipinski definition) is 1. The van der Waals surface area contributed by atoms with E-state index in [2.05, 4.69) is 41.9 Å². The summed E-state index contributed by atoms with van der Waals surface area (Å²) in [4.78, 5) is 17.6. The summed E-state index contributed by atoms with van der Waals surface area (Å²) in [6.07, 6.45) is 4.54. The zero-order chi connectivity index (χ0) is 22.5. The molecule has 1 N–H and O–H groups in total. The molecule has 1 saturated carbocycles. The lowest BCUT2D eigenvalue weighted by atomic mass is 9.55. The highest BCUT2D eigenvalue weighted by molar-refractivity contribution is 5.76. The molecular weight excluding hydrogens is 404 g/mol. The average molecular weight is 441 g/mol. The monoisotopic (exact) mass is 440 g/mol. The summed E-state index contributed by atoms with van der Waals surface area (Å²) in [6.45, 7) is 8.79. The van der Waals surface area contributed by atoms with E-state index < -0.39 is 6.10 Å². The number of methoxy groups -OCH3 is 1. The number of rotatable bonds is 4. The number of nitrogens with zero attached hydrogens (tertiary/aromatic N) is 2. The minimum atomic E-state index is -0.528. The number of piperazine rings is 1. The third-order valence-electron chi connectivity index (χ3n) is 8.84. The molecule has 0 amide bonds. The van der Waals surface area contributed by atoms with Gasteiger partial charge in [-0.1, -0.05) is 25.5 Å². The number of benzene rings is 1. The Morgan fingerprint density at radius 1 is 1.19 bits per heavy atom. The lowest BCUT2D eigenvalue weighted by molar-refractivity contribution is -0.145. The molecule has 2 saturated heterocycles. The van der Waals surface area contributed by atoms with Crippen LogP contribution in [0.4, 0.5) is 5.69 Å². The van der Waals surface area contributed by atoms with Gasteiger partial charge < -0.3 is 19.5 Å². The third kappa shape index (κ3) is 3.52. The summed E-state index contributed by atoms with van der Waals surface area (Å²) in [5, 5.41) is 11.5. The Kier molecular flexibility index (Phi) is 5.70. The predicted octanol–water partition coefficient (Wildman–Crippen LogP) is 3.10. The van der Waals surface area contributed by atoms with Crippen molar-refractivity contribution in [2.75, 3.05) is 44.7 Å². The fraction of sp³-hybridized carbons (Fsp3) is 0.654. The van der Waals surface area contributed by atoms with Crippen LogP contribution in [-0.2, 0) is 9.53 Å². The Morgan fingerprint density at radius 3 is 2.59 bits per heavy atom. The number of hydrogen-bond acceptors (Lipinski definition) is 6. The van der Waals surface area contributed by atoms with Crippen molar-refractivity contribution in [2.24, 2.45) is 23.2 Å². The highest BCUT2D eigenvalue weighted by Gasteiger charge is 2.59. The van der Waals surface area contributed by atoms with Crippen molar-refractivity contribution in [3.05, 3.63) is 35.9 Å². The van der Waals surface area contributed by atoms with E-state index in [0.29, 0.717) is 12.5 Å². The van der Waals surface area contributed by atoms with E-state index in [4.69, 9.17) is 9.47 Å². The average Bonchev–Trinajstić information content (AvgIpc) is 3.11. The minimum Gasteiger partial charge on any atom is -0.497 e. The maximum atomic E-state index is 12.9. The first-order chi connectivity index (χ1) is 15.4. The van der Waals surface area contributed by atoms with Crippen LogP contribution in [0.3, 0.4) is 0 Å². The van der Waals surface area contributed by atoms with E-state index >= 15 is 0 Å². The molecule has 1 aromatic rings. The van der Waals surface area contributed by atoms with Crippen LogP contribution in [-0.4, -0.2) is 68.0 Å². The summed E-state index contributed by atoms with van der Waals surface area (Å²) in [5.74, 6) is 0.821. The van der Waals surface area contributed by atoms with Crippen LogP contribution in [0.25, 0.3) is 0 Å². The molecule has 6 atom stereocenters. The van der Waals surface area contributed by atoms with E-state index in [9.17, 15) is 9.90 Å². The molecule has 0 aromatic heterocycles. The van der Waals surface area contributed by atoms with Crippen molar-refractivity contribution >= 4 is 11.7 Å². The summed E-state index contributed by atoms with van der Waals surface area (Å²) in [5.41, 5.74) is 2.26. The second kappa shape index (κ2) is 8.38. The summed E-state index contributed by atoms with van der Waals surface area (Å²) in [7, 11) is 1.68. The number of carbonyl (C=O) groups is 1. The molecule has 0 spiro atoms. The van der Waals surface area contributed by atoms with Gasteiger partial charge in [-0.05, 0) is 43.0 Å². The molecule has 0 radical (unpaired) electrons. The topological polar surface area (TPSA) is 62.2 Å². The number of fused-ring (bicyclic) bond motifs is 2. The quantitative estimate of drug-likeness (QED) is 0.574. The fourth-order valence-corrected chi connectivity index (χ4v) is 6.53. The van der Waals surface area contributed by atoms with Crippen LogP contribution >= 0.6 is 0 Å². The van der Waals surface area contributed by atoms with E-state index in [0.717, 1.165) is 51.2 Å². The van der Waals surface area contributed by atoms with E-state index in [1.165, 1.54) is 11.3 Å². The zero-order valence-corrected chi connectivity index (χ0v) is 19.5. The van der Waals surface area contributed by atoms with Crippen molar-refractivity contribution in [1.82, 2.24) is 4.90 Å². The molecule has 2 heterocycles. The van der Waals surface area contributed by atoms with Gasteiger partial charge in [0.1, 0.15) is 11.9 Å². The van der Waals surface area contributed by atoms with Crippen LogP contribution in [0.2, 0.25) is 0 Å². The first kappa shape index (κ1) is 21.8. The number of esters is 1. The van der Waals surface area contributed by atoms with Gasteiger partial charge in [-0.3, -0.25) is 9.69 Å². The predicted molar refractivity (Wildman–Crippen MR) is 124 cm³/mol. The van der Waals surface area contributed by atoms with Crippen LogP contribution < -0.4 is 9.64 Å². The second-order valence-electron chi connectivity index (χ2n) is 10.3. The normalized spacial score (nSPS) is 37.4. The van der Waals surface area contributed by atoms with Crippen molar-refractivity contribution < 1.29 is 19.4 Å². The Morgan fingerprint density at radius 2 is 1.91 bits per heavy atom. The van der Waals surface area contributed by atoms with Gasteiger partial charge in [-0.15, -0.1) is 0 Å². The van der Waals surface area contributed by atoms with Gasteiger partial charge in [-0.25, -0.2) is 0 Å². The number of anilines is 1. The Balaban J connectivity index is 1.25. The highest BCUT2D eigenvalue weighted by atomic mass is 16.6. The van der Waals surface area contributed by atoms with Gasteiger partial charge >= 0.3 is 5.97 Å². The molecule has 2 aliphatic carbocycles. The standard InChI is InChI=1S/C26H36N2O4/c1-17-5-4-6-18-15-22-23(24(29)26(17,18)2)21(25(30)32-22)16-27-11-13-28(14-12-27)19-7-9-20(31-3)10-8-19/h6-10,17,21-24,29H,4-5,11-16H2,1-3H3/t17-,21+,22+,23-,24-,26+/m0/s1. The number of carbonyl (C=O) groups excluding carboxylic acids is 1. The highest BCUT2D eigenvalue weighted by Crippen LogP contribution is 2.56. The molecular formula is C26H36N2O4. The molecule has 2 aliphatic heterocycles. The van der Waals surface area contributed by atoms with Crippen LogP contribution in [0, 0.1) is 23.2 Å². The summed E-state index contributed by atoms with van der Waals surface area (Å²) >= 11 is 0. The Labute approximate surface area is 191 Å². The van der Waals surface area contributed by atoms with Gasteiger partial charge in [-0.2, -0.15) is 0 Å². The molecule has 32 heavy (non-hydrogen) atoms. The SMILES string of the molecule is COc1ccc(N2CCN(C[C@H]3C(=O)O[C@@H]4CC5=CCC[C@H](C)[C@@]5(C)[C@@H](O)[C@H]43)CC2)cc1. The maximum absolute atomic E-state index is 12.9. The fourth-order valence-electron chi connectivity index (χ4n) is 6.53. The molecule has 4 aliphatic rings. The van der Waals surface area contributed by atoms with Crippen molar-refractivity contribution in [2.45, 2.75) is 45.3 Å². The van der Waals surface area contributed by atoms with Crippen LogP contribution in [0.5, 0.6) is 5.75 Å². The molecule has 1 aromatic carbocycles.